The minimum absolute atomic E-state index is 0. The van der Waals surface area contributed by atoms with E-state index in [4.69, 9.17) is 9.47 Å². The third kappa shape index (κ3) is 7.63. The van der Waals surface area contributed by atoms with E-state index < -0.39 is 0 Å². The van der Waals surface area contributed by atoms with Crippen LogP contribution in [0.2, 0.25) is 0 Å². The van der Waals surface area contributed by atoms with Crippen molar-refractivity contribution in [2.24, 2.45) is 12.0 Å². The third-order valence-corrected chi connectivity index (χ3v) is 4.16. The SMILES string of the molecule is CCOCCCNC(=NCc1ccccc1OC)NCc1nnc(C)n1C.I. The molecule has 0 aliphatic carbocycles. The topological polar surface area (TPSA) is 85.6 Å². The van der Waals surface area contributed by atoms with Gasteiger partial charge < -0.3 is 24.7 Å². The minimum Gasteiger partial charge on any atom is -0.496 e. The Morgan fingerprint density at radius 3 is 2.68 bits per heavy atom. The zero-order chi connectivity index (χ0) is 19.5. The van der Waals surface area contributed by atoms with Crippen molar-refractivity contribution in [2.45, 2.75) is 33.4 Å². The first-order valence-electron chi connectivity index (χ1n) is 9.22. The summed E-state index contributed by atoms with van der Waals surface area (Å²) in [5, 5.41) is 14.9. The van der Waals surface area contributed by atoms with Gasteiger partial charge in [0.05, 0.1) is 20.2 Å². The molecule has 1 heterocycles. The van der Waals surface area contributed by atoms with Crippen LogP contribution in [0.5, 0.6) is 5.75 Å². The van der Waals surface area contributed by atoms with Crippen molar-refractivity contribution in [3.8, 4) is 5.75 Å². The molecule has 0 aliphatic rings. The van der Waals surface area contributed by atoms with Crippen molar-refractivity contribution >= 4 is 29.9 Å². The number of hydrogen-bond acceptors (Lipinski definition) is 5. The molecule has 0 aliphatic heterocycles. The van der Waals surface area contributed by atoms with Gasteiger partial charge in [0.15, 0.2) is 11.8 Å². The first-order chi connectivity index (χ1) is 13.2. The minimum atomic E-state index is 0. The van der Waals surface area contributed by atoms with Crippen LogP contribution in [0.4, 0.5) is 0 Å². The average molecular weight is 502 g/mol. The Labute approximate surface area is 184 Å². The van der Waals surface area contributed by atoms with E-state index in [0.717, 1.165) is 55.1 Å². The molecule has 1 aromatic heterocycles. The van der Waals surface area contributed by atoms with Crippen LogP contribution in [-0.4, -0.2) is 47.6 Å². The number of guanidine groups is 1. The Morgan fingerprint density at radius 2 is 2.00 bits per heavy atom. The quantitative estimate of drug-likeness (QED) is 0.225. The van der Waals surface area contributed by atoms with Gasteiger partial charge in [-0.1, -0.05) is 18.2 Å². The molecule has 1 aromatic carbocycles. The smallest absolute Gasteiger partial charge is 0.191 e. The number of ether oxygens (including phenoxy) is 2. The van der Waals surface area contributed by atoms with Gasteiger partial charge in [-0.05, 0) is 26.3 Å². The van der Waals surface area contributed by atoms with E-state index in [0.29, 0.717) is 13.1 Å². The molecular formula is C19H31IN6O2. The molecule has 8 nitrogen and oxygen atoms in total. The van der Waals surface area contributed by atoms with Crippen LogP contribution in [0.15, 0.2) is 29.3 Å². The highest BCUT2D eigenvalue weighted by atomic mass is 127. The van der Waals surface area contributed by atoms with E-state index in [2.05, 4.69) is 25.8 Å². The molecule has 0 spiro atoms. The molecule has 2 N–H and O–H groups in total. The average Bonchev–Trinajstić information content (AvgIpc) is 3.01. The molecule has 28 heavy (non-hydrogen) atoms. The molecular weight excluding hydrogens is 471 g/mol. The van der Waals surface area contributed by atoms with Crippen LogP contribution in [-0.2, 0) is 24.9 Å². The summed E-state index contributed by atoms with van der Waals surface area (Å²) in [4.78, 5) is 4.69. The van der Waals surface area contributed by atoms with E-state index in [1.165, 1.54) is 0 Å². The monoisotopic (exact) mass is 502 g/mol. The van der Waals surface area contributed by atoms with E-state index in [1.54, 1.807) is 7.11 Å². The molecule has 2 aromatic rings. The summed E-state index contributed by atoms with van der Waals surface area (Å²) in [7, 11) is 3.62. The van der Waals surface area contributed by atoms with Crippen LogP contribution in [0.1, 0.15) is 30.6 Å². The summed E-state index contributed by atoms with van der Waals surface area (Å²) in [6, 6.07) is 7.89. The number of methoxy groups -OCH3 is 1. The Bertz CT molecular complexity index is 735. The van der Waals surface area contributed by atoms with Gasteiger partial charge in [0.25, 0.3) is 0 Å². The van der Waals surface area contributed by atoms with Gasteiger partial charge in [0.2, 0.25) is 0 Å². The number of nitrogens with one attached hydrogen (secondary N) is 2. The number of aryl methyl sites for hydroxylation is 1. The Kier molecular flexibility index (Phi) is 11.5. The van der Waals surface area contributed by atoms with Crippen molar-refractivity contribution in [1.82, 2.24) is 25.4 Å². The second-order valence-electron chi connectivity index (χ2n) is 6.03. The predicted octanol–water partition coefficient (Wildman–Crippen LogP) is 2.41. The molecule has 156 valence electrons. The van der Waals surface area contributed by atoms with Gasteiger partial charge >= 0.3 is 0 Å². The summed E-state index contributed by atoms with van der Waals surface area (Å²) in [5.41, 5.74) is 1.03. The Balaban J connectivity index is 0.00000392. The fourth-order valence-electron chi connectivity index (χ4n) is 2.47. The highest BCUT2D eigenvalue weighted by Gasteiger charge is 2.07. The van der Waals surface area contributed by atoms with Crippen molar-refractivity contribution in [1.29, 1.82) is 0 Å². The lowest BCUT2D eigenvalue weighted by Crippen LogP contribution is -2.38. The Morgan fingerprint density at radius 1 is 1.21 bits per heavy atom. The number of nitrogens with zero attached hydrogens (tertiary/aromatic N) is 4. The maximum atomic E-state index is 5.40. The molecule has 2 rings (SSSR count). The second kappa shape index (κ2) is 13.3. The van der Waals surface area contributed by atoms with Crippen molar-refractivity contribution in [3.63, 3.8) is 0 Å². The predicted molar refractivity (Wildman–Crippen MR) is 121 cm³/mol. The molecule has 9 heteroatoms. The van der Waals surface area contributed by atoms with E-state index in [9.17, 15) is 0 Å². The number of halogens is 1. The van der Waals surface area contributed by atoms with Gasteiger partial charge in [-0.25, -0.2) is 4.99 Å². The summed E-state index contributed by atoms with van der Waals surface area (Å²) < 4.78 is 12.7. The van der Waals surface area contributed by atoms with Crippen molar-refractivity contribution in [3.05, 3.63) is 41.5 Å². The second-order valence-corrected chi connectivity index (χ2v) is 6.03. The standard InChI is InChI=1S/C19H30N6O2.HI/c1-5-27-12-8-11-20-19(22-14-18-24-23-15(2)25(18)3)21-13-16-9-6-7-10-17(16)26-4;/h6-7,9-10H,5,8,11-14H2,1-4H3,(H2,20,21,22);1H. The molecule has 0 saturated heterocycles. The molecule has 0 bridgehead atoms. The largest absolute Gasteiger partial charge is 0.496 e. The van der Waals surface area contributed by atoms with Crippen LogP contribution in [0, 0.1) is 6.92 Å². The fraction of sp³-hybridized carbons (Fsp3) is 0.526. The van der Waals surface area contributed by atoms with Crippen LogP contribution < -0.4 is 15.4 Å². The summed E-state index contributed by atoms with van der Waals surface area (Å²) in [6.07, 6.45) is 0.909. The zero-order valence-electron chi connectivity index (χ0n) is 17.1. The highest BCUT2D eigenvalue weighted by molar-refractivity contribution is 14.0. The van der Waals surface area contributed by atoms with Crippen LogP contribution in [0.3, 0.4) is 0 Å². The maximum Gasteiger partial charge on any atom is 0.191 e. The lowest BCUT2D eigenvalue weighted by atomic mass is 10.2. The van der Waals surface area contributed by atoms with Gasteiger partial charge in [-0.2, -0.15) is 0 Å². The molecule has 0 amide bonds. The summed E-state index contributed by atoms with van der Waals surface area (Å²) in [5.74, 6) is 3.29. The normalized spacial score (nSPS) is 11.1. The number of benzene rings is 1. The van der Waals surface area contributed by atoms with Gasteiger partial charge in [-0.3, -0.25) is 0 Å². The lowest BCUT2D eigenvalue weighted by Gasteiger charge is -2.13. The number of aromatic nitrogens is 3. The van der Waals surface area contributed by atoms with Crippen molar-refractivity contribution in [2.75, 3.05) is 26.9 Å². The number of aliphatic imine (C=N–C) groups is 1. The fourth-order valence-corrected chi connectivity index (χ4v) is 2.47. The molecule has 0 unspecified atom stereocenters. The lowest BCUT2D eigenvalue weighted by molar-refractivity contribution is 0.145. The molecule has 0 fully saturated rings. The maximum absolute atomic E-state index is 5.40. The molecule has 0 atom stereocenters. The highest BCUT2D eigenvalue weighted by Crippen LogP contribution is 2.17. The van der Waals surface area contributed by atoms with Crippen molar-refractivity contribution < 1.29 is 9.47 Å². The number of hydrogen-bond donors (Lipinski definition) is 2. The van der Waals surface area contributed by atoms with Gasteiger partial charge in [0, 0.05) is 32.4 Å². The first kappa shape index (κ1) is 24.2. The number of rotatable bonds is 10. The number of para-hydroxylation sites is 1. The Hall–Kier alpha value is -1.88. The van der Waals surface area contributed by atoms with Crippen LogP contribution in [0.25, 0.3) is 0 Å². The molecule has 0 saturated carbocycles. The third-order valence-electron chi connectivity index (χ3n) is 4.16. The van der Waals surface area contributed by atoms with Crippen LogP contribution >= 0.6 is 24.0 Å². The van der Waals surface area contributed by atoms with E-state index in [-0.39, 0.29) is 24.0 Å². The first-order valence-corrected chi connectivity index (χ1v) is 9.22. The zero-order valence-corrected chi connectivity index (χ0v) is 19.4. The summed E-state index contributed by atoms with van der Waals surface area (Å²) in [6.45, 7) is 7.22. The molecule has 0 radical (unpaired) electrons. The van der Waals surface area contributed by atoms with Gasteiger partial charge in [0.1, 0.15) is 11.6 Å². The van der Waals surface area contributed by atoms with E-state index in [1.807, 2.05) is 49.7 Å². The summed E-state index contributed by atoms with van der Waals surface area (Å²) >= 11 is 0. The van der Waals surface area contributed by atoms with Gasteiger partial charge in [-0.15, -0.1) is 34.2 Å². The van der Waals surface area contributed by atoms with E-state index >= 15 is 0 Å².